The van der Waals surface area contributed by atoms with Crippen LogP contribution in [-0.2, 0) is 19.5 Å². The third kappa shape index (κ3) is 19.2. The summed E-state index contributed by atoms with van der Waals surface area (Å²) in [6.07, 6.45) is 1.22. The summed E-state index contributed by atoms with van der Waals surface area (Å²) in [7, 11) is 0. The zero-order valence-electron chi connectivity index (χ0n) is 5.29. The molecule has 0 nitrogen and oxygen atoms in total. The minimum Gasteiger partial charge on any atom is -1.00 e. The summed E-state index contributed by atoms with van der Waals surface area (Å²) >= 11 is 0. The van der Waals surface area contributed by atoms with Gasteiger partial charge in [-0.1, -0.05) is 27.2 Å². The first-order valence-corrected chi connectivity index (χ1v) is 2.06. The van der Waals surface area contributed by atoms with Gasteiger partial charge in [0.05, 0.1) is 0 Å². The van der Waals surface area contributed by atoms with Crippen molar-refractivity contribution in [3.05, 3.63) is 5.92 Å². The Balaban J connectivity index is -0.0000000800. The maximum atomic E-state index is 2.16. The molecule has 0 aromatic carbocycles. The van der Waals surface area contributed by atoms with E-state index in [0.29, 0.717) is 0 Å². The molecule has 0 N–H and O–H groups in total. The third-order valence-electron chi connectivity index (χ3n) is 0.707. The first-order valence-electron chi connectivity index (χ1n) is 2.06. The summed E-state index contributed by atoms with van der Waals surface area (Å²) in [6, 6.07) is 0. The second-order valence-corrected chi connectivity index (χ2v) is 1.56. The Hall–Kier alpha value is 1.10. The van der Waals surface area contributed by atoms with Gasteiger partial charge in [-0.3, -0.25) is 0 Å². The predicted molar refractivity (Wildman–Crippen MR) is 24.9 cm³/mol. The molecule has 0 fully saturated rings. The molecule has 0 aromatic rings. The van der Waals surface area contributed by atoms with Gasteiger partial charge >= 0.3 is 0 Å². The van der Waals surface area contributed by atoms with Crippen molar-refractivity contribution < 1.29 is 36.5 Å². The van der Waals surface area contributed by atoms with E-state index in [1.165, 1.54) is 12.3 Å². The Morgan fingerprint density at radius 2 is 1.43 bits per heavy atom. The van der Waals surface area contributed by atoms with E-state index in [0.717, 1.165) is 0 Å². The molecule has 41 valence electrons. The van der Waals surface area contributed by atoms with Crippen molar-refractivity contribution in [2.45, 2.75) is 27.2 Å². The van der Waals surface area contributed by atoms with E-state index < -0.39 is 0 Å². The van der Waals surface area contributed by atoms with Crippen molar-refractivity contribution in [1.29, 1.82) is 0 Å². The number of hydrogen-bond donors (Lipinski definition) is 0. The van der Waals surface area contributed by atoms with E-state index in [-0.39, 0.29) is 36.5 Å². The van der Waals surface area contributed by atoms with Crippen molar-refractivity contribution in [3.63, 3.8) is 0 Å². The molecule has 2 heteroatoms. The van der Waals surface area contributed by atoms with Gasteiger partial charge in [0.2, 0.25) is 0 Å². The Morgan fingerprint density at radius 3 is 1.43 bits per heavy atom. The molecule has 0 aliphatic carbocycles. The van der Waals surface area contributed by atoms with Crippen LogP contribution in [0.5, 0.6) is 0 Å². The SMILES string of the molecule is CC[C](C)C.[Br-].[Zn]. The van der Waals surface area contributed by atoms with Crippen LogP contribution in [0.25, 0.3) is 0 Å². The van der Waals surface area contributed by atoms with Crippen LogP contribution in [0.15, 0.2) is 0 Å². The van der Waals surface area contributed by atoms with Crippen LogP contribution in [0.3, 0.4) is 0 Å². The molecule has 0 aliphatic heterocycles. The molecule has 0 bridgehead atoms. The molecule has 0 rings (SSSR count). The van der Waals surface area contributed by atoms with Crippen LogP contribution in [0, 0.1) is 5.92 Å². The second kappa shape index (κ2) is 10.2. The molecule has 1 radical (unpaired) electrons. The molecule has 7 heavy (non-hydrogen) atoms. The summed E-state index contributed by atoms with van der Waals surface area (Å²) in [6.45, 7) is 6.44. The third-order valence-corrected chi connectivity index (χ3v) is 0.707. The molecular formula is C5H11BrZn-. The number of halogens is 1. The molecule has 0 aromatic heterocycles. The van der Waals surface area contributed by atoms with Gasteiger partial charge in [-0.2, -0.15) is 0 Å². The largest absolute Gasteiger partial charge is 1.00 e. The summed E-state index contributed by atoms with van der Waals surface area (Å²) < 4.78 is 0. The molecule has 0 atom stereocenters. The Bertz CT molecular complexity index is 22.0. The average molecular weight is 216 g/mol. The summed E-state index contributed by atoms with van der Waals surface area (Å²) in [5.74, 6) is 1.50. The Morgan fingerprint density at radius 1 is 1.29 bits per heavy atom. The number of rotatable bonds is 1. The molecule has 0 spiro atoms. The normalized spacial score (nSPS) is 6.86. The van der Waals surface area contributed by atoms with Crippen LogP contribution in [0.1, 0.15) is 27.2 Å². The smallest absolute Gasteiger partial charge is 0 e. The zero-order chi connectivity index (χ0) is 4.28. The Labute approximate surface area is 69.6 Å². The van der Waals surface area contributed by atoms with Crippen LogP contribution in [-0.4, -0.2) is 0 Å². The minimum atomic E-state index is 0. The van der Waals surface area contributed by atoms with Crippen LogP contribution >= 0.6 is 0 Å². The second-order valence-electron chi connectivity index (χ2n) is 1.56. The van der Waals surface area contributed by atoms with E-state index in [2.05, 4.69) is 20.8 Å². The van der Waals surface area contributed by atoms with Crippen LogP contribution in [0.4, 0.5) is 0 Å². The molecule has 0 saturated carbocycles. The van der Waals surface area contributed by atoms with Crippen molar-refractivity contribution >= 4 is 0 Å². The molecular weight excluding hydrogens is 205 g/mol. The fourth-order valence-corrected chi connectivity index (χ4v) is 0. The molecule has 0 heterocycles. The molecule has 0 unspecified atom stereocenters. The van der Waals surface area contributed by atoms with Gasteiger partial charge in [-0.15, -0.1) is 0 Å². The summed E-state index contributed by atoms with van der Waals surface area (Å²) in [5.41, 5.74) is 0. The fraction of sp³-hybridized carbons (Fsp3) is 0.800. The molecule has 0 amide bonds. The van der Waals surface area contributed by atoms with Crippen molar-refractivity contribution in [1.82, 2.24) is 0 Å². The maximum absolute atomic E-state index is 2.16. The zero-order valence-corrected chi connectivity index (χ0v) is 9.85. The number of hydrogen-bond acceptors (Lipinski definition) is 0. The minimum absolute atomic E-state index is 0. The van der Waals surface area contributed by atoms with Gasteiger partial charge in [0.1, 0.15) is 0 Å². The Kier molecular flexibility index (Phi) is 22.8. The summed E-state index contributed by atoms with van der Waals surface area (Å²) in [4.78, 5) is 0. The standard InChI is InChI=1S/C5H11.BrH.Zn/c1-4-5(2)3;;/h4H2,1-3H3;1H;/p-1. The van der Waals surface area contributed by atoms with Gasteiger partial charge < -0.3 is 17.0 Å². The predicted octanol–water partition coefficient (Wildman–Crippen LogP) is -0.988. The van der Waals surface area contributed by atoms with Gasteiger partial charge in [-0.25, -0.2) is 0 Å². The first kappa shape index (κ1) is 15.7. The van der Waals surface area contributed by atoms with E-state index >= 15 is 0 Å². The van der Waals surface area contributed by atoms with Crippen LogP contribution < -0.4 is 17.0 Å². The average Bonchev–Trinajstić information content (AvgIpc) is 1.38. The topological polar surface area (TPSA) is 0 Å². The van der Waals surface area contributed by atoms with Gasteiger partial charge in [0, 0.05) is 19.5 Å². The van der Waals surface area contributed by atoms with Crippen molar-refractivity contribution in [3.8, 4) is 0 Å². The van der Waals surface area contributed by atoms with Crippen molar-refractivity contribution in [2.75, 3.05) is 0 Å². The monoisotopic (exact) mass is 214 g/mol. The first-order chi connectivity index (χ1) is 2.27. The summed E-state index contributed by atoms with van der Waals surface area (Å²) in [5, 5.41) is 0. The maximum Gasteiger partial charge on any atom is 0 e. The van der Waals surface area contributed by atoms with Crippen molar-refractivity contribution in [2.24, 2.45) is 0 Å². The van der Waals surface area contributed by atoms with E-state index in [9.17, 15) is 0 Å². The van der Waals surface area contributed by atoms with Gasteiger partial charge in [0.15, 0.2) is 0 Å². The van der Waals surface area contributed by atoms with Crippen LogP contribution in [0.2, 0.25) is 0 Å². The van der Waals surface area contributed by atoms with E-state index in [4.69, 9.17) is 0 Å². The van der Waals surface area contributed by atoms with E-state index in [1.807, 2.05) is 0 Å². The van der Waals surface area contributed by atoms with E-state index in [1.54, 1.807) is 0 Å². The quantitative estimate of drug-likeness (QED) is 0.494. The van der Waals surface area contributed by atoms with Gasteiger partial charge in [0.25, 0.3) is 0 Å². The van der Waals surface area contributed by atoms with Gasteiger partial charge in [-0.05, 0) is 5.92 Å². The molecule has 0 aliphatic rings. The molecule has 0 saturated heterocycles. The fourth-order valence-electron chi connectivity index (χ4n) is 0.